The van der Waals surface area contributed by atoms with Gasteiger partial charge in [-0.2, -0.15) is 0 Å². The maximum Gasteiger partial charge on any atom is 0.317 e. The van der Waals surface area contributed by atoms with E-state index in [1.807, 2.05) is 32.6 Å². The summed E-state index contributed by atoms with van der Waals surface area (Å²) in [4.78, 5) is 27.1. The van der Waals surface area contributed by atoms with Gasteiger partial charge in [-0.3, -0.25) is 14.5 Å². The average Bonchev–Trinajstić information content (AvgIpc) is 2.58. The summed E-state index contributed by atoms with van der Waals surface area (Å²) in [6.45, 7) is 9.61. The van der Waals surface area contributed by atoms with Crippen LogP contribution in [0.1, 0.15) is 34.1 Å². The predicted molar refractivity (Wildman–Crippen MR) is 79.4 cm³/mol. The molecule has 0 aliphatic carbocycles. The lowest BCUT2D eigenvalue weighted by Crippen LogP contribution is -2.54. The van der Waals surface area contributed by atoms with E-state index in [0.717, 1.165) is 5.06 Å². The standard InChI is InChI=1S/C15H26N3O4/c1-14(2)9-11(15(3,4)18(14)22)13(21)17-7-5-16(6-8-17)10-12(19)20/h11H,5-10H2,1-4H3,(H,19,20). The second-order valence-corrected chi connectivity index (χ2v) is 7.51. The van der Waals surface area contributed by atoms with Gasteiger partial charge < -0.3 is 10.0 Å². The molecule has 1 amide bonds. The van der Waals surface area contributed by atoms with Gasteiger partial charge in [-0.1, -0.05) is 0 Å². The molecular weight excluding hydrogens is 286 g/mol. The highest BCUT2D eigenvalue weighted by Gasteiger charge is 2.56. The van der Waals surface area contributed by atoms with Gasteiger partial charge in [0.1, 0.15) is 0 Å². The number of carbonyl (C=O) groups is 2. The van der Waals surface area contributed by atoms with Crippen molar-refractivity contribution in [1.82, 2.24) is 14.9 Å². The first-order chi connectivity index (χ1) is 10.1. The van der Waals surface area contributed by atoms with Gasteiger partial charge in [0.15, 0.2) is 0 Å². The fourth-order valence-electron chi connectivity index (χ4n) is 3.68. The number of nitrogens with zero attached hydrogens (tertiary/aromatic N) is 3. The first-order valence-electron chi connectivity index (χ1n) is 7.76. The van der Waals surface area contributed by atoms with Crippen molar-refractivity contribution in [3.63, 3.8) is 0 Å². The van der Waals surface area contributed by atoms with Crippen LogP contribution >= 0.6 is 0 Å². The van der Waals surface area contributed by atoms with Gasteiger partial charge in [-0.05, 0) is 34.1 Å². The largest absolute Gasteiger partial charge is 0.480 e. The third-order valence-corrected chi connectivity index (χ3v) is 4.97. The van der Waals surface area contributed by atoms with Crippen LogP contribution in [0.3, 0.4) is 0 Å². The Bertz CT molecular complexity index is 456. The first kappa shape index (κ1) is 17.2. The smallest absolute Gasteiger partial charge is 0.317 e. The van der Waals surface area contributed by atoms with Crippen LogP contribution in [0.2, 0.25) is 0 Å². The summed E-state index contributed by atoms with van der Waals surface area (Å²) in [5.41, 5.74) is -1.24. The van der Waals surface area contributed by atoms with Crippen LogP contribution in [-0.4, -0.2) is 75.6 Å². The lowest BCUT2D eigenvalue weighted by Gasteiger charge is -2.38. The van der Waals surface area contributed by atoms with E-state index in [9.17, 15) is 14.8 Å². The molecule has 7 nitrogen and oxygen atoms in total. The molecule has 1 atom stereocenters. The predicted octanol–water partition coefficient (Wildman–Crippen LogP) is 0.440. The van der Waals surface area contributed by atoms with Crippen molar-refractivity contribution in [1.29, 1.82) is 0 Å². The van der Waals surface area contributed by atoms with Crippen molar-refractivity contribution in [3.05, 3.63) is 0 Å². The number of piperazine rings is 1. The molecular formula is C15H26N3O4. The summed E-state index contributed by atoms with van der Waals surface area (Å²) in [5.74, 6) is -1.14. The second kappa shape index (κ2) is 5.79. The molecule has 1 radical (unpaired) electrons. The van der Waals surface area contributed by atoms with Crippen molar-refractivity contribution in [2.45, 2.75) is 45.2 Å². The fraction of sp³-hybridized carbons (Fsp3) is 0.867. The van der Waals surface area contributed by atoms with Gasteiger partial charge >= 0.3 is 5.97 Å². The monoisotopic (exact) mass is 312 g/mol. The maximum atomic E-state index is 12.8. The first-order valence-corrected chi connectivity index (χ1v) is 7.76. The third kappa shape index (κ3) is 3.11. The van der Waals surface area contributed by atoms with Crippen molar-refractivity contribution in [2.75, 3.05) is 32.7 Å². The molecule has 22 heavy (non-hydrogen) atoms. The number of carboxylic acid groups (broad SMARTS) is 1. The Morgan fingerprint density at radius 2 is 1.64 bits per heavy atom. The van der Waals surface area contributed by atoms with Crippen LogP contribution in [0, 0.1) is 5.92 Å². The summed E-state index contributed by atoms with van der Waals surface area (Å²) in [7, 11) is 0. The zero-order valence-corrected chi connectivity index (χ0v) is 13.8. The highest BCUT2D eigenvalue weighted by Crippen LogP contribution is 2.44. The molecule has 0 aromatic heterocycles. The molecule has 2 heterocycles. The van der Waals surface area contributed by atoms with E-state index in [1.165, 1.54) is 0 Å². The molecule has 2 saturated heterocycles. The number of hydrogen-bond acceptors (Lipinski definition) is 4. The Hall–Kier alpha value is -1.18. The van der Waals surface area contributed by atoms with Crippen molar-refractivity contribution >= 4 is 11.9 Å². The second-order valence-electron chi connectivity index (χ2n) is 7.51. The van der Waals surface area contributed by atoms with E-state index in [1.54, 1.807) is 4.90 Å². The molecule has 2 fully saturated rings. The minimum absolute atomic E-state index is 0.0122. The number of carbonyl (C=O) groups excluding carboxylic acids is 1. The quantitative estimate of drug-likeness (QED) is 0.817. The zero-order valence-electron chi connectivity index (χ0n) is 13.8. The molecule has 0 saturated carbocycles. The van der Waals surface area contributed by atoms with Crippen LogP contribution in [0.15, 0.2) is 0 Å². The topological polar surface area (TPSA) is 84.0 Å². The Labute approximate surface area is 131 Å². The molecule has 2 rings (SSSR count). The summed E-state index contributed by atoms with van der Waals surface area (Å²) in [6, 6.07) is 0. The summed E-state index contributed by atoms with van der Waals surface area (Å²) in [5, 5.41) is 22.3. The van der Waals surface area contributed by atoms with Crippen LogP contribution in [0.4, 0.5) is 0 Å². The summed E-state index contributed by atoms with van der Waals surface area (Å²) < 4.78 is 0. The molecule has 0 aromatic rings. The van der Waals surface area contributed by atoms with Crippen LogP contribution < -0.4 is 0 Å². The number of aliphatic carboxylic acids is 1. The lowest BCUT2D eigenvalue weighted by molar-refractivity contribution is -0.248. The normalized spacial score (nSPS) is 28.8. The van der Waals surface area contributed by atoms with Gasteiger partial charge in [0, 0.05) is 31.7 Å². The summed E-state index contributed by atoms with van der Waals surface area (Å²) in [6.07, 6.45) is 0.553. The molecule has 0 spiro atoms. The molecule has 2 aliphatic heterocycles. The molecule has 1 N–H and O–H groups in total. The van der Waals surface area contributed by atoms with E-state index in [0.29, 0.717) is 32.6 Å². The Morgan fingerprint density at radius 1 is 1.09 bits per heavy atom. The lowest BCUT2D eigenvalue weighted by atomic mass is 9.85. The number of amides is 1. The SMILES string of the molecule is CC1(C)CC(C(=O)N2CCN(CC(=O)O)CC2)C(C)(C)N1[O]. The fourth-order valence-corrected chi connectivity index (χ4v) is 3.68. The highest BCUT2D eigenvalue weighted by atomic mass is 16.5. The average molecular weight is 312 g/mol. The van der Waals surface area contributed by atoms with Gasteiger partial charge in [-0.15, -0.1) is 10.3 Å². The maximum absolute atomic E-state index is 12.8. The molecule has 7 heteroatoms. The minimum Gasteiger partial charge on any atom is -0.480 e. The van der Waals surface area contributed by atoms with Crippen molar-refractivity contribution in [3.8, 4) is 0 Å². The number of rotatable bonds is 3. The van der Waals surface area contributed by atoms with E-state index in [4.69, 9.17) is 5.11 Å². The Balaban J connectivity index is 2.00. The van der Waals surface area contributed by atoms with E-state index >= 15 is 0 Å². The van der Waals surface area contributed by atoms with Crippen LogP contribution in [-0.2, 0) is 14.8 Å². The van der Waals surface area contributed by atoms with Gasteiger partial charge in [-0.25, -0.2) is 0 Å². The van der Waals surface area contributed by atoms with Gasteiger partial charge in [0.2, 0.25) is 5.91 Å². The van der Waals surface area contributed by atoms with E-state index in [2.05, 4.69) is 0 Å². The summed E-state index contributed by atoms with van der Waals surface area (Å²) >= 11 is 0. The third-order valence-electron chi connectivity index (χ3n) is 4.97. The molecule has 0 aromatic carbocycles. The van der Waals surface area contributed by atoms with Crippen LogP contribution in [0.5, 0.6) is 0 Å². The molecule has 1 unspecified atom stereocenters. The van der Waals surface area contributed by atoms with Crippen molar-refractivity contribution < 1.29 is 19.9 Å². The number of carboxylic acids is 1. The molecule has 125 valence electrons. The number of hydroxylamine groups is 2. The van der Waals surface area contributed by atoms with E-state index in [-0.39, 0.29) is 18.4 Å². The number of hydrogen-bond donors (Lipinski definition) is 1. The van der Waals surface area contributed by atoms with Crippen molar-refractivity contribution in [2.24, 2.45) is 5.92 Å². The van der Waals surface area contributed by atoms with Gasteiger partial charge in [0.25, 0.3) is 0 Å². The highest BCUT2D eigenvalue weighted by molar-refractivity contribution is 5.81. The zero-order chi connectivity index (χ0) is 16.7. The minimum atomic E-state index is -0.847. The molecule has 0 bridgehead atoms. The Morgan fingerprint density at radius 3 is 2.05 bits per heavy atom. The van der Waals surface area contributed by atoms with Crippen LogP contribution in [0.25, 0.3) is 0 Å². The molecule has 2 aliphatic rings. The Kier molecular flexibility index (Phi) is 4.52. The van der Waals surface area contributed by atoms with Gasteiger partial charge in [0.05, 0.1) is 18.0 Å². The van der Waals surface area contributed by atoms with E-state index < -0.39 is 17.0 Å².